The highest BCUT2D eigenvalue weighted by atomic mass is 35.5. The molecule has 0 aliphatic carbocycles. The van der Waals surface area contributed by atoms with Crippen molar-refractivity contribution in [2.45, 2.75) is 46.1 Å². The predicted octanol–water partition coefficient (Wildman–Crippen LogP) is 6.72. The standard InChI is InChI=1S/C28H29ClN2O2/c1-18(2)15-20-11-13-21(14-12-20)19(3)28-30-27-22(16-26(32)33)8-6-10-25(27)31(28)17-23-7-4-5-9-24(23)29/h4-14,18-19H,15-17H2,1-3H3,(H,32,33). The summed E-state index contributed by atoms with van der Waals surface area (Å²) in [6, 6.07) is 22.3. The molecule has 0 radical (unpaired) electrons. The molecule has 1 N–H and O–H groups in total. The molecular formula is C28H29ClN2O2. The summed E-state index contributed by atoms with van der Waals surface area (Å²) in [7, 11) is 0. The number of fused-ring (bicyclic) bond motifs is 1. The van der Waals surface area contributed by atoms with Crippen molar-refractivity contribution >= 4 is 28.6 Å². The number of carbonyl (C=O) groups is 1. The molecule has 33 heavy (non-hydrogen) atoms. The lowest BCUT2D eigenvalue weighted by atomic mass is 9.96. The van der Waals surface area contributed by atoms with E-state index in [-0.39, 0.29) is 12.3 Å². The van der Waals surface area contributed by atoms with Crippen LogP contribution in [0.15, 0.2) is 66.7 Å². The highest BCUT2D eigenvalue weighted by Crippen LogP contribution is 2.31. The molecule has 0 saturated carbocycles. The van der Waals surface area contributed by atoms with Gasteiger partial charge in [0, 0.05) is 10.9 Å². The fraction of sp³-hybridized carbons (Fsp3) is 0.286. The first-order valence-corrected chi connectivity index (χ1v) is 11.7. The van der Waals surface area contributed by atoms with Crippen LogP contribution in [0, 0.1) is 5.92 Å². The second-order valence-electron chi connectivity index (χ2n) is 9.06. The van der Waals surface area contributed by atoms with Gasteiger partial charge in [-0.05, 0) is 46.7 Å². The number of hydrogen-bond acceptors (Lipinski definition) is 2. The molecule has 0 bridgehead atoms. The maximum Gasteiger partial charge on any atom is 0.307 e. The van der Waals surface area contributed by atoms with Gasteiger partial charge in [-0.1, -0.05) is 87.0 Å². The van der Waals surface area contributed by atoms with E-state index >= 15 is 0 Å². The van der Waals surface area contributed by atoms with Crippen LogP contribution in [0.4, 0.5) is 0 Å². The average molecular weight is 461 g/mol. The Bertz CT molecular complexity index is 1280. The summed E-state index contributed by atoms with van der Waals surface area (Å²) in [5.74, 6) is 0.685. The monoisotopic (exact) mass is 460 g/mol. The molecule has 1 aromatic heterocycles. The van der Waals surface area contributed by atoms with Crippen LogP contribution in [0.25, 0.3) is 11.0 Å². The molecule has 0 spiro atoms. The topological polar surface area (TPSA) is 55.1 Å². The Morgan fingerprint density at radius 2 is 1.67 bits per heavy atom. The number of aromatic nitrogens is 2. The average Bonchev–Trinajstić information content (AvgIpc) is 3.14. The van der Waals surface area contributed by atoms with Gasteiger partial charge in [-0.25, -0.2) is 4.98 Å². The Balaban J connectivity index is 1.81. The summed E-state index contributed by atoms with van der Waals surface area (Å²) in [4.78, 5) is 16.4. The molecule has 5 heteroatoms. The van der Waals surface area contributed by atoms with Crippen molar-refractivity contribution in [2.24, 2.45) is 5.92 Å². The molecule has 3 aromatic carbocycles. The van der Waals surface area contributed by atoms with Crippen LogP contribution >= 0.6 is 11.6 Å². The van der Waals surface area contributed by atoms with Crippen molar-refractivity contribution in [3.63, 3.8) is 0 Å². The second-order valence-corrected chi connectivity index (χ2v) is 9.47. The van der Waals surface area contributed by atoms with Crippen molar-refractivity contribution < 1.29 is 9.90 Å². The molecule has 4 aromatic rings. The fourth-order valence-electron chi connectivity index (χ4n) is 4.39. The Kier molecular flexibility index (Phi) is 6.85. The van der Waals surface area contributed by atoms with E-state index in [4.69, 9.17) is 16.6 Å². The molecule has 0 saturated heterocycles. The molecule has 4 nitrogen and oxygen atoms in total. The SMILES string of the molecule is CC(C)Cc1ccc(C(C)c2nc3c(CC(=O)O)cccc3n2Cc2ccccc2Cl)cc1. The fourth-order valence-corrected chi connectivity index (χ4v) is 4.58. The van der Waals surface area contributed by atoms with E-state index in [1.807, 2.05) is 42.5 Å². The summed E-state index contributed by atoms with van der Waals surface area (Å²) in [5.41, 5.74) is 5.89. The third kappa shape index (κ3) is 5.12. The van der Waals surface area contributed by atoms with Crippen molar-refractivity contribution in [2.75, 3.05) is 0 Å². The third-order valence-electron chi connectivity index (χ3n) is 6.03. The van der Waals surface area contributed by atoms with Gasteiger partial charge in [0.1, 0.15) is 5.82 Å². The molecule has 1 atom stereocenters. The molecule has 0 aliphatic heterocycles. The largest absolute Gasteiger partial charge is 0.481 e. The number of nitrogens with zero attached hydrogens (tertiary/aromatic N) is 2. The van der Waals surface area contributed by atoms with Gasteiger partial charge in [-0.3, -0.25) is 4.79 Å². The maximum atomic E-state index is 11.5. The lowest BCUT2D eigenvalue weighted by Crippen LogP contribution is -2.10. The summed E-state index contributed by atoms with van der Waals surface area (Å²) < 4.78 is 2.18. The Labute approximate surface area is 199 Å². The highest BCUT2D eigenvalue weighted by molar-refractivity contribution is 6.31. The number of carboxylic acids is 1. The number of halogens is 1. The van der Waals surface area contributed by atoms with Gasteiger partial charge in [0.05, 0.1) is 24.0 Å². The second kappa shape index (κ2) is 9.80. The molecule has 0 amide bonds. The van der Waals surface area contributed by atoms with Gasteiger partial charge in [0.2, 0.25) is 0 Å². The molecule has 1 unspecified atom stereocenters. The van der Waals surface area contributed by atoms with E-state index in [1.165, 1.54) is 11.1 Å². The van der Waals surface area contributed by atoms with Crippen molar-refractivity contribution in [1.82, 2.24) is 9.55 Å². The Morgan fingerprint density at radius 3 is 2.33 bits per heavy atom. The van der Waals surface area contributed by atoms with Crippen LogP contribution < -0.4 is 0 Å². The number of rotatable bonds is 8. The summed E-state index contributed by atoms with van der Waals surface area (Å²) in [6.45, 7) is 7.17. The minimum atomic E-state index is -0.863. The van der Waals surface area contributed by atoms with Gasteiger partial charge in [-0.2, -0.15) is 0 Å². The predicted molar refractivity (Wildman–Crippen MR) is 134 cm³/mol. The summed E-state index contributed by atoms with van der Waals surface area (Å²) in [6.07, 6.45) is 0.996. The first-order chi connectivity index (χ1) is 15.8. The van der Waals surface area contributed by atoms with Crippen molar-refractivity contribution in [3.8, 4) is 0 Å². The molecule has 4 rings (SSSR count). The normalized spacial score (nSPS) is 12.4. The van der Waals surface area contributed by atoms with Crippen LogP contribution in [0.2, 0.25) is 5.02 Å². The van der Waals surface area contributed by atoms with Crippen LogP contribution in [0.5, 0.6) is 0 Å². The lowest BCUT2D eigenvalue weighted by Gasteiger charge is -2.17. The zero-order valence-corrected chi connectivity index (χ0v) is 20.0. The zero-order chi connectivity index (χ0) is 23.5. The van der Waals surface area contributed by atoms with E-state index in [9.17, 15) is 9.90 Å². The van der Waals surface area contributed by atoms with Gasteiger partial charge in [0.25, 0.3) is 0 Å². The minimum Gasteiger partial charge on any atom is -0.481 e. The van der Waals surface area contributed by atoms with E-state index in [1.54, 1.807) is 0 Å². The summed E-state index contributed by atoms with van der Waals surface area (Å²) >= 11 is 6.49. The van der Waals surface area contributed by atoms with Crippen LogP contribution in [-0.4, -0.2) is 20.6 Å². The molecule has 170 valence electrons. The Hall–Kier alpha value is -3.11. The van der Waals surface area contributed by atoms with Crippen molar-refractivity contribution in [3.05, 3.63) is 99.8 Å². The summed E-state index contributed by atoms with van der Waals surface area (Å²) in [5, 5.41) is 10.1. The molecule has 0 fully saturated rings. The smallest absolute Gasteiger partial charge is 0.307 e. The quantitative estimate of drug-likeness (QED) is 0.317. The van der Waals surface area contributed by atoms with E-state index in [2.05, 4.69) is 49.6 Å². The lowest BCUT2D eigenvalue weighted by molar-refractivity contribution is -0.136. The molecule has 0 aliphatic rings. The first kappa shape index (κ1) is 23.1. The molecule has 1 heterocycles. The number of carboxylic acid groups (broad SMARTS) is 1. The highest BCUT2D eigenvalue weighted by Gasteiger charge is 2.21. The number of imidazole rings is 1. The van der Waals surface area contributed by atoms with Crippen LogP contribution in [0.1, 0.15) is 54.8 Å². The van der Waals surface area contributed by atoms with E-state index in [0.717, 1.165) is 34.4 Å². The first-order valence-electron chi connectivity index (χ1n) is 11.4. The molecular weight excluding hydrogens is 432 g/mol. The number of para-hydroxylation sites is 1. The van der Waals surface area contributed by atoms with Gasteiger partial charge < -0.3 is 9.67 Å². The van der Waals surface area contributed by atoms with Gasteiger partial charge in [-0.15, -0.1) is 0 Å². The van der Waals surface area contributed by atoms with E-state index in [0.29, 0.717) is 17.5 Å². The Morgan fingerprint density at radius 1 is 0.970 bits per heavy atom. The zero-order valence-electron chi connectivity index (χ0n) is 19.3. The number of aliphatic carboxylic acids is 1. The number of hydrogen-bond donors (Lipinski definition) is 1. The minimum absolute atomic E-state index is 0.0330. The van der Waals surface area contributed by atoms with Gasteiger partial charge >= 0.3 is 5.97 Å². The maximum absolute atomic E-state index is 11.5. The van der Waals surface area contributed by atoms with Crippen molar-refractivity contribution in [1.29, 1.82) is 0 Å². The van der Waals surface area contributed by atoms with Crippen LogP contribution in [-0.2, 0) is 24.2 Å². The van der Waals surface area contributed by atoms with Crippen LogP contribution in [0.3, 0.4) is 0 Å². The van der Waals surface area contributed by atoms with E-state index < -0.39 is 5.97 Å². The third-order valence-corrected chi connectivity index (χ3v) is 6.40. The van der Waals surface area contributed by atoms with Gasteiger partial charge in [0.15, 0.2) is 0 Å². The number of benzene rings is 3.